The summed E-state index contributed by atoms with van der Waals surface area (Å²) in [4.78, 5) is 37.7. The summed E-state index contributed by atoms with van der Waals surface area (Å²) < 4.78 is 16.3. The fourth-order valence-electron chi connectivity index (χ4n) is 5.33. The SMILES string of the molecule is Cn1c(=O)[nH]c2ccc(-c3cnc([C@@H]4CCC5CC(c6c(N)ccc(Cl)c6F)=CC(=O)N54)[nH]3)cc21. The number of fused-ring (bicyclic) bond motifs is 2. The molecule has 0 saturated carbocycles. The van der Waals surface area contributed by atoms with Crippen LogP contribution < -0.4 is 11.4 Å². The first-order chi connectivity index (χ1) is 16.8. The number of aromatic amines is 2. The van der Waals surface area contributed by atoms with Gasteiger partial charge in [0.15, 0.2) is 5.82 Å². The summed E-state index contributed by atoms with van der Waals surface area (Å²) in [5, 5.41) is -0.0183. The van der Waals surface area contributed by atoms with Gasteiger partial charge < -0.3 is 20.6 Å². The molecule has 1 saturated heterocycles. The van der Waals surface area contributed by atoms with Gasteiger partial charge >= 0.3 is 5.69 Å². The molecule has 178 valence electrons. The molecule has 1 amide bonds. The zero-order chi connectivity index (χ0) is 24.4. The van der Waals surface area contributed by atoms with Gasteiger partial charge in [-0.25, -0.2) is 14.2 Å². The van der Waals surface area contributed by atoms with Crippen LogP contribution in [0, 0.1) is 5.82 Å². The maximum Gasteiger partial charge on any atom is 0.326 e. The number of nitrogen functional groups attached to an aromatic ring is 1. The first-order valence-electron chi connectivity index (χ1n) is 11.3. The summed E-state index contributed by atoms with van der Waals surface area (Å²) in [5.74, 6) is -0.0929. The number of aryl methyl sites for hydroxylation is 1. The second-order valence-corrected chi connectivity index (χ2v) is 9.50. The first-order valence-corrected chi connectivity index (χ1v) is 11.7. The Morgan fingerprint density at radius 1 is 1.17 bits per heavy atom. The van der Waals surface area contributed by atoms with E-state index < -0.39 is 5.82 Å². The van der Waals surface area contributed by atoms with Crippen molar-refractivity contribution < 1.29 is 9.18 Å². The number of carbonyl (C=O) groups excluding carboxylic acids is 1. The Kier molecular flexibility index (Phi) is 4.86. The average Bonchev–Trinajstić information content (AvgIpc) is 3.55. The van der Waals surface area contributed by atoms with Crippen LogP contribution in [0.1, 0.15) is 36.7 Å². The number of rotatable bonds is 3. The minimum atomic E-state index is -0.596. The van der Waals surface area contributed by atoms with Gasteiger partial charge in [0.1, 0.15) is 5.82 Å². The summed E-state index contributed by atoms with van der Waals surface area (Å²) in [6.07, 6.45) is 5.21. The van der Waals surface area contributed by atoms with E-state index in [1.165, 1.54) is 12.1 Å². The van der Waals surface area contributed by atoms with E-state index in [0.717, 1.165) is 35.1 Å². The molecule has 35 heavy (non-hydrogen) atoms. The zero-order valence-electron chi connectivity index (χ0n) is 18.8. The molecule has 10 heteroatoms. The van der Waals surface area contributed by atoms with Crippen LogP contribution in [0.2, 0.25) is 5.02 Å². The molecule has 1 fully saturated rings. The Labute approximate surface area is 204 Å². The Bertz CT molecular complexity index is 1600. The fraction of sp³-hybridized carbons (Fsp3) is 0.240. The minimum Gasteiger partial charge on any atom is -0.398 e. The van der Waals surface area contributed by atoms with E-state index in [0.29, 0.717) is 17.8 Å². The molecule has 0 radical (unpaired) electrons. The van der Waals surface area contributed by atoms with Crippen LogP contribution in [0.25, 0.3) is 27.9 Å². The Hall–Kier alpha value is -3.85. The normalized spacial score (nSPS) is 19.9. The topological polar surface area (TPSA) is 113 Å². The van der Waals surface area contributed by atoms with Crippen LogP contribution in [0.15, 0.2) is 47.4 Å². The number of carbonyl (C=O) groups is 1. The highest BCUT2D eigenvalue weighted by atomic mass is 35.5. The Balaban J connectivity index is 1.30. The molecule has 2 aromatic carbocycles. The molecular weight excluding hydrogens is 471 g/mol. The van der Waals surface area contributed by atoms with E-state index in [2.05, 4.69) is 15.0 Å². The standard InChI is InChI=1S/C25H22ClFN6O2/c1-32-20-9-12(2-6-17(20)31-25(32)35)18-11-29-24(30-18)19-7-3-14-8-13(10-21(34)33(14)19)22-16(28)5-4-15(26)23(22)27/h2,4-6,9-11,14,19H,3,7-8,28H2,1H3,(H,29,30)(H,31,35)/t14?,19-/m0/s1. The summed E-state index contributed by atoms with van der Waals surface area (Å²) >= 11 is 5.97. The number of halogens is 2. The van der Waals surface area contributed by atoms with Gasteiger partial charge in [-0.1, -0.05) is 17.7 Å². The van der Waals surface area contributed by atoms with Gasteiger partial charge in [-0.2, -0.15) is 0 Å². The van der Waals surface area contributed by atoms with Crippen LogP contribution in [-0.2, 0) is 11.8 Å². The molecule has 2 atom stereocenters. The lowest BCUT2D eigenvalue weighted by molar-refractivity contribution is -0.129. The predicted octanol–water partition coefficient (Wildman–Crippen LogP) is 4.15. The maximum absolute atomic E-state index is 14.7. The summed E-state index contributed by atoms with van der Waals surface area (Å²) in [6, 6.07) is 8.39. The van der Waals surface area contributed by atoms with Gasteiger partial charge in [0.25, 0.3) is 0 Å². The van der Waals surface area contributed by atoms with Gasteiger partial charge in [0.05, 0.1) is 34.0 Å². The van der Waals surface area contributed by atoms with Crippen molar-refractivity contribution in [1.82, 2.24) is 24.4 Å². The number of benzene rings is 2. The number of aromatic nitrogens is 4. The largest absolute Gasteiger partial charge is 0.398 e. The highest BCUT2D eigenvalue weighted by Gasteiger charge is 2.42. The molecule has 4 aromatic rings. The van der Waals surface area contributed by atoms with Crippen molar-refractivity contribution in [2.45, 2.75) is 31.3 Å². The van der Waals surface area contributed by atoms with Crippen LogP contribution in [-0.4, -0.2) is 36.4 Å². The second kappa shape index (κ2) is 7.84. The minimum absolute atomic E-state index is 0.0183. The highest BCUT2D eigenvalue weighted by molar-refractivity contribution is 6.31. The third kappa shape index (κ3) is 3.37. The molecule has 4 N–H and O–H groups in total. The number of anilines is 1. The van der Waals surface area contributed by atoms with E-state index in [-0.39, 0.29) is 40.0 Å². The molecular formula is C25H22ClFN6O2. The number of hydrogen-bond donors (Lipinski definition) is 3. The lowest BCUT2D eigenvalue weighted by atomic mass is 9.92. The third-order valence-electron chi connectivity index (χ3n) is 7.09. The molecule has 6 rings (SSSR count). The molecule has 2 aliphatic heterocycles. The monoisotopic (exact) mass is 492 g/mol. The summed E-state index contributed by atoms with van der Waals surface area (Å²) in [7, 11) is 1.72. The highest BCUT2D eigenvalue weighted by Crippen LogP contribution is 2.44. The van der Waals surface area contributed by atoms with E-state index in [4.69, 9.17) is 17.3 Å². The number of hydrogen-bond acceptors (Lipinski definition) is 4. The molecule has 8 nitrogen and oxygen atoms in total. The smallest absolute Gasteiger partial charge is 0.326 e. The fourth-order valence-corrected chi connectivity index (χ4v) is 5.49. The van der Waals surface area contributed by atoms with Crippen molar-refractivity contribution >= 4 is 39.8 Å². The van der Waals surface area contributed by atoms with Crippen LogP contribution >= 0.6 is 11.6 Å². The number of nitrogens with two attached hydrogens (primary N) is 1. The predicted molar refractivity (Wildman–Crippen MR) is 132 cm³/mol. The molecule has 2 aromatic heterocycles. The van der Waals surface area contributed by atoms with Crippen molar-refractivity contribution in [2.75, 3.05) is 5.73 Å². The Morgan fingerprint density at radius 3 is 2.83 bits per heavy atom. The zero-order valence-corrected chi connectivity index (χ0v) is 19.6. The first kappa shape index (κ1) is 21.7. The van der Waals surface area contributed by atoms with E-state index in [9.17, 15) is 14.0 Å². The van der Waals surface area contributed by atoms with Gasteiger partial charge in [-0.3, -0.25) is 9.36 Å². The van der Waals surface area contributed by atoms with Crippen molar-refractivity contribution in [3.63, 3.8) is 0 Å². The lowest BCUT2D eigenvalue weighted by Gasteiger charge is -2.33. The summed E-state index contributed by atoms with van der Waals surface area (Å²) in [5.41, 5.74) is 10.1. The number of nitrogens with zero attached hydrogens (tertiary/aromatic N) is 3. The Morgan fingerprint density at radius 2 is 2.00 bits per heavy atom. The van der Waals surface area contributed by atoms with E-state index in [1.807, 2.05) is 23.1 Å². The second-order valence-electron chi connectivity index (χ2n) is 9.09. The summed E-state index contributed by atoms with van der Waals surface area (Å²) in [6.45, 7) is 0. The number of H-pyrrole nitrogens is 2. The van der Waals surface area contributed by atoms with Gasteiger partial charge in [0, 0.05) is 36.0 Å². The van der Waals surface area contributed by atoms with Gasteiger partial charge in [-0.15, -0.1) is 0 Å². The van der Waals surface area contributed by atoms with Crippen molar-refractivity contribution in [1.29, 1.82) is 0 Å². The van der Waals surface area contributed by atoms with Gasteiger partial charge in [0.2, 0.25) is 5.91 Å². The molecule has 0 bridgehead atoms. The van der Waals surface area contributed by atoms with Crippen LogP contribution in [0.5, 0.6) is 0 Å². The molecule has 2 aliphatic rings. The molecule has 1 unspecified atom stereocenters. The van der Waals surface area contributed by atoms with Crippen molar-refractivity contribution in [3.05, 3.63) is 75.3 Å². The van der Waals surface area contributed by atoms with Crippen molar-refractivity contribution in [3.8, 4) is 11.3 Å². The molecule has 0 aliphatic carbocycles. The number of imidazole rings is 2. The number of nitrogens with one attached hydrogen (secondary N) is 2. The molecule has 0 spiro atoms. The maximum atomic E-state index is 14.7. The van der Waals surface area contributed by atoms with E-state index >= 15 is 0 Å². The van der Waals surface area contributed by atoms with Crippen LogP contribution in [0.3, 0.4) is 0 Å². The van der Waals surface area contributed by atoms with E-state index in [1.54, 1.807) is 23.9 Å². The third-order valence-corrected chi connectivity index (χ3v) is 7.38. The molecule has 4 heterocycles. The number of amides is 1. The van der Waals surface area contributed by atoms with Gasteiger partial charge in [-0.05, 0) is 49.1 Å². The average molecular weight is 493 g/mol. The quantitative estimate of drug-likeness (QED) is 0.373. The van der Waals surface area contributed by atoms with Crippen LogP contribution in [0.4, 0.5) is 10.1 Å². The van der Waals surface area contributed by atoms with Crippen molar-refractivity contribution in [2.24, 2.45) is 7.05 Å². The lowest BCUT2D eigenvalue weighted by Crippen LogP contribution is -2.39.